The number of aliphatic hydroxyl groups is 2. The van der Waals surface area contributed by atoms with Gasteiger partial charge in [0.25, 0.3) is 5.91 Å². The van der Waals surface area contributed by atoms with Crippen LogP contribution < -0.4 is 15.5 Å². The topological polar surface area (TPSA) is 114 Å². The minimum Gasteiger partial charge on any atom is -0.394 e. The number of nitrogens with one attached hydrogen (secondary N) is 2. The first-order valence-electron chi connectivity index (χ1n) is 9.86. The molecule has 3 amide bonds. The molecule has 4 N–H and O–H groups in total. The molecular formula is C22H24BrClN4O4. The Balaban J connectivity index is 2.12. The summed E-state index contributed by atoms with van der Waals surface area (Å²) in [5.41, 5.74) is 1.60. The third kappa shape index (κ3) is 4.66. The predicted octanol–water partition coefficient (Wildman–Crippen LogP) is 3.17. The van der Waals surface area contributed by atoms with Gasteiger partial charge in [-0.25, -0.2) is 4.79 Å². The summed E-state index contributed by atoms with van der Waals surface area (Å²) in [6.07, 6.45) is 0. The third-order valence-corrected chi connectivity index (χ3v) is 6.37. The maximum Gasteiger partial charge on any atom is 0.319 e. The number of aliphatic imine (C=N–C) groups is 1. The second-order valence-corrected chi connectivity index (χ2v) is 9.01. The van der Waals surface area contributed by atoms with E-state index in [0.717, 1.165) is 0 Å². The molecule has 2 aromatic rings. The highest BCUT2D eigenvalue weighted by Crippen LogP contribution is 2.39. The van der Waals surface area contributed by atoms with Crippen molar-refractivity contribution in [3.63, 3.8) is 0 Å². The Labute approximate surface area is 199 Å². The fourth-order valence-electron chi connectivity index (χ4n) is 3.29. The second-order valence-electron chi connectivity index (χ2n) is 7.81. The van der Waals surface area contributed by atoms with Gasteiger partial charge in [-0.15, -0.1) is 0 Å². The quantitative estimate of drug-likeness (QED) is 0.482. The number of fused-ring (bicyclic) bond motifs is 1. The monoisotopic (exact) mass is 522 g/mol. The average Bonchev–Trinajstić information content (AvgIpc) is 2.86. The molecule has 0 bridgehead atoms. The molecule has 0 saturated heterocycles. The number of rotatable bonds is 5. The SMILES string of the molecule is C[C@@H]1N=C(c2ccccc2Cl)c2c(ccc(NC(=O)NC(C)(CO)CO)c2Br)N(C)C1=O. The van der Waals surface area contributed by atoms with Crippen LogP contribution in [0.3, 0.4) is 0 Å². The lowest BCUT2D eigenvalue weighted by Gasteiger charge is -2.27. The van der Waals surface area contributed by atoms with Crippen molar-refractivity contribution in [2.45, 2.75) is 25.4 Å². The first kappa shape index (κ1) is 24.2. The zero-order valence-corrected chi connectivity index (χ0v) is 20.2. The van der Waals surface area contributed by atoms with Crippen molar-refractivity contribution < 1.29 is 19.8 Å². The minimum absolute atomic E-state index is 0.180. The van der Waals surface area contributed by atoms with Crippen molar-refractivity contribution in [3.8, 4) is 0 Å². The Morgan fingerprint density at radius 1 is 1.25 bits per heavy atom. The molecule has 3 rings (SSSR count). The van der Waals surface area contributed by atoms with Gasteiger partial charge in [0.1, 0.15) is 6.04 Å². The van der Waals surface area contributed by atoms with E-state index in [2.05, 4.69) is 31.6 Å². The van der Waals surface area contributed by atoms with E-state index in [1.165, 1.54) is 11.8 Å². The van der Waals surface area contributed by atoms with E-state index < -0.39 is 30.8 Å². The predicted molar refractivity (Wildman–Crippen MR) is 129 cm³/mol. The van der Waals surface area contributed by atoms with E-state index in [9.17, 15) is 19.8 Å². The Morgan fingerprint density at radius 3 is 2.53 bits per heavy atom. The van der Waals surface area contributed by atoms with Gasteiger partial charge in [0.15, 0.2) is 0 Å². The molecule has 0 saturated carbocycles. The summed E-state index contributed by atoms with van der Waals surface area (Å²) in [6, 6.07) is 9.32. The van der Waals surface area contributed by atoms with Gasteiger partial charge in [-0.2, -0.15) is 0 Å². The molecule has 32 heavy (non-hydrogen) atoms. The van der Waals surface area contributed by atoms with Crippen molar-refractivity contribution >= 4 is 56.6 Å². The van der Waals surface area contributed by atoms with E-state index in [-0.39, 0.29) is 5.91 Å². The maximum atomic E-state index is 12.8. The van der Waals surface area contributed by atoms with Crippen LogP contribution in [0, 0.1) is 0 Å². The van der Waals surface area contributed by atoms with E-state index in [0.29, 0.717) is 37.7 Å². The number of likely N-dealkylation sites (N-methyl/N-ethyl adjacent to an activating group) is 1. The van der Waals surface area contributed by atoms with E-state index in [1.807, 2.05) is 12.1 Å². The van der Waals surface area contributed by atoms with Crippen molar-refractivity contribution in [3.05, 3.63) is 57.0 Å². The second kappa shape index (κ2) is 9.58. The van der Waals surface area contributed by atoms with Gasteiger partial charge >= 0.3 is 6.03 Å². The fraction of sp³-hybridized carbons (Fsp3) is 0.318. The van der Waals surface area contributed by atoms with E-state index in [4.69, 9.17) is 11.6 Å². The fourth-order valence-corrected chi connectivity index (χ4v) is 4.14. The summed E-state index contributed by atoms with van der Waals surface area (Å²) in [4.78, 5) is 31.5. The zero-order chi connectivity index (χ0) is 23.6. The summed E-state index contributed by atoms with van der Waals surface area (Å²) in [5.74, 6) is -0.180. The molecule has 0 fully saturated rings. The largest absolute Gasteiger partial charge is 0.394 e. The third-order valence-electron chi connectivity index (χ3n) is 5.22. The van der Waals surface area contributed by atoms with Crippen molar-refractivity contribution in [1.82, 2.24) is 5.32 Å². The number of hydrogen-bond acceptors (Lipinski definition) is 5. The highest BCUT2D eigenvalue weighted by atomic mass is 79.9. The van der Waals surface area contributed by atoms with Crippen LogP contribution in [-0.2, 0) is 4.79 Å². The molecule has 1 heterocycles. The number of carbonyl (C=O) groups excluding carboxylic acids is 2. The summed E-state index contributed by atoms with van der Waals surface area (Å²) in [5, 5.41) is 24.6. The van der Waals surface area contributed by atoms with Crippen molar-refractivity contribution in [2.75, 3.05) is 30.5 Å². The summed E-state index contributed by atoms with van der Waals surface area (Å²) in [7, 11) is 1.67. The van der Waals surface area contributed by atoms with Crippen LogP contribution in [-0.4, -0.2) is 59.7 Å². The molecule has 0 radical (unpaired) electrons. The molecule has 2 aromatic carbocycles. The van der Waals surface area contributed by atoms with Crippen LogP contribution in [0.2, 0.25) is 5.02 Å². The van der Waals surface area contributed by atoms with Crippen molar-refractivity contribution in [1.29, 1.82) is 0 Å². The highest BCUT2D eigenvalue weighted by molar-refractivity contribution is 9.10. The first-order valence-corrected chi connectivity index (χ1v) is 11.0. The number of carbonyl (C=O) groups is 2. The number of halogens is 2. The van der Waals surface area contributed by atoms with Crippen LogP contribution >= 0.6 is 27.5 Å². The van der Waals surface area contributed by atoms with E-state index >= 15 is 0 Å². The first-order chi connectivity index (χ1) is 15.1. The normalized spacial score (nSPS) is 16.2. The smallest absolute Gasteiger partial charge is 0.319 e. The Bertz CT molecular complexity index is 1090. The van der Waals surface area contributed by atoms with Crippen LogP contribution in [0.25, 0.3) is 0 Å². The summed E-state index contributed by atoms with van der Waals surface area (Å²) in [6.45, 7) is 2.36. The number of nitrogens with zero attached hydrogens (tertiary/aromatic N) is 2. The number of amides is 3. The molecule has 8 nitrogen and oxygen atoms in total. The van der Waals surface area contributed by atoms with Crippen LogP contribution in [0.4, 0.5) is 16.2 Å². The molecule has 0 unspecified atom stereocenters. The number of benzodiazepines with no additional fused rings is 1. The lowest BCUT2D eigenvalue weighted by atomic mass is 9.99. The molecule has 0 aliphatic carbocycles. The number of hydrogen-bond donors (Lipinski definition) is 4. The lowest BCUT2D eigenvalue weighted by Crippen LogP contribution is -2.53. The molecule has 1 atom stereocenters. The molecule has 1 aliphatic heterocycles. The summed E-state index contributed by atoms with van der Waals surface area (Å²) < 4.78 is 0.507. The number of urea groups is 1. The minimum atomic E-state index is -1.19. The van der Waals surface area contributed by atoms with E-state index in [1.54, 1.807) is 38.2 Å². The molecule has 1 aliphatic rings. The van der Waals surface area contributed by atoms with Gasteiger partial charge in [0.2, 0.25) is 0 Å². The zero-order valence-electron chi connectivity index (χ0n) is 17.8. The van der Waals surface area contributed by atoms with Crippen LogP contribution in [0.1, 0.15) is 25.0 Å². The Hall–Kier alpha value is -2.46. The molecule has 0 spiro atoms. The van der Waals surface area contributed by atoms with Gasteiger partial charge in [-0.3, -0.25) is 9.79 Å². The van der Waals surface area contributed by atoms with Gasteiger partial charge in [0.05, 0.1) is 40.3 Å². The van der Waals surface area contributed by atoms with Crippen LogP contribution in [0.5, 0.6) is 0 Å². The van der Waals surface area contributed by atoms with Crippen molar-refractivity contribution in [2.24, 2.45) is 4.99 Å². The van der Waals surface area contributed by atoms with Gasteiger partial charge in [-0.1, -0.05) is 29.8 Å². The molecule has 170 valence electrons. The number of aliphatic hydroxyl groups excluding tert-OH is 2. The van der Waals surface area contributed by atoms with Gasteiger partial charge < -0.3 is 25.7 Å². The number of anilines is 2. The number of benzene rings is 2. The molecular weight excluding hydrogens is 500 g/mol. The van der Waals surface area contributed by atoms with Crippen LogP contribution in [0.15, 0.2) is 45.9 Å². The summed E-state index contributed by atoms with van der Waals surface area (Å²) >= 11 is 10.0. The Kier molecular flexibility index (Phi) is 7.24. The van der Waals surface area contributed by atoms with Gasteiger partial charge in [0, 0.05) is 23.2 Å². The molecule has 10 heteroatoms. The molecule has 0 aromatic heterocycles. The van der Waals surface area contributed by atoms with Gasteiger partial charge in [-0.05, 0) is 48.0 Å². The standard InChI is InChI=1S/C22H24BrClN4O4/c1-12-20(31)28(3)16-9-8-15(26-21(32)27-22(2,10-29)11-30)18(23)17(16)19(25-12)13-6-4-5-7-14(13)24/h4-9,12,29-30H,10-11H2,1-3H3,(H2,26,27,32)/t12-/m0/s1. The maximum absolute atomic E-state index is 12.8. The Morgan fingerprint density at radius 2 is 1.91 bits per heavy atom. The average molecular weight is 524 g/mol. The lowest BCUT2D eigenvalue weighted by molar-refractivity contribution is -0.119. The highest BCUT2D eigenvalue weighted by Gasteiger charge is 2.31.